The lowest BCUT2D eigenvalue weighted by Crippen LogP contribution is -2.51. The van der Waals surface area contributed by atoms with Crippen LogP contribution in [0.3, 0.4) is 0 Å². The van der Waals surface area contributed by atoms with Crippen LogP contribution in [0.15, 0.2) is 36.4 Å². The molecule has 31 heavy (non-hydrogen) atoms. The monoisotopic (exact) mass is 420 g/mol. The number of imide groups is 1. The summed E-state index contributed by atoms with van der Waals surface area (Å²) in [6.45, 7) is 5.33. The maximum Gasteiger partial charge on any atom is 0.262 e. The van der Waals surface area contributed by atoms with Crippen molar-refractivity contribution in [2.24, 2.45) is 0 Å². The summed E-state index contributed by atoms with van der Waals surface area (Å²) in [6, 6.07) is 9.59. The molecule has 3 aliphatic rings. The van der Waals surface area contributed by atoms with Crippen LogP contribution in [0.4, 0.5) is 0 Å². The lowest BCUT2D eigenvalue weighted by atomic mass is 9.92. The summed E-state index contributed by atoms with van der Waals surface area (Å²) in [5.74, 6) is 0.387. The highest BCUT2D eigenvalue weighted by Gasteiger charge is 2.43. The molecular formula is C24H24N2O5. The standard InChI is InChI=1S/C24H24N2O5/c1-14-19-13-21-20(30-10-5-11-31-21)12-16(19)8-9-25(14)22(27)15(2)26-23(28)17-6-3-4-7-18(17)24(26)29/h3-4,6-7,12-15H,5,8-11H2,1-2H3. The van der Waals surface area contributed by atoms with Crippen molar-refractivity contribution in [3.8, 4) is 11.5 Å². The zero-order chi connectivity index (χ0) is 21.7. The molecule has 0 bridgehead atoms. The first kappa shape index (κ1) is 19.6. The Morgan fingerprint density at radius 1 is 1.03 bits per heavy atom. The second kappa shape index (κ2) is 7.41. The molecule has 0 saturated carbocycles. The molecule has 2 unspecified atom stereocenters. The molecule has 7 nitrogen and oxygen atoms in total. The van der Waals surface area contributed by atoms with Gasteiger partial charge in [-0.15, -0.1) is 0 Å². The van der Waals surface area contributed by atoms with Gasteiger partial charge in [0.15, 0.2) is 11.5 Å². The zero-order valence-electron chi connectivity index (χ0n) is 17.6. The van der Waals surface area contributed by atoms with Crippen LogP contribution < -0.4 is 9.47 Å². The normalized spacial score (nSPS) is 20.8. The van der Waals surface area contributed by atoms with Crippen LogP contribution in [0.5, 0.6) is 11.5 Å². The molecule has 3 aliphatic heterocycles. The quantitative estimate of drug-likeness (QED) is 0.699. The topological polar surface area (TPSA) is 76.2 Å². The summed E-state index contributed by atoms with van der Waals surface area (Å²) in [6.07, 6.45) is 1.51. The minimum atomic E-state index is -0.878. The number of nitrogens with zero attached hydrogens (tertiary/aromatic N) is 2. The number of fused-ring (bicyclic) bond motifs is 3. The maximum atomic E-state index is 13.4. The highest BCUT2D eigenvalue weighted by atomic mass is 16.5. The summed E-state index contributed by atoms with van der Waals surface area (Å²) < 4.78 is 11.6. The molecule has 0 aromatic heterocycles. The third-order valence-electron chi connectivity index (χ3n) is 6.40. The van der Waals surface area contributed by atoms with Gasteiger partial charge in [-0.2, -0.15) is 0 Å². The number of hydrogen-bond acceptors (Lipinski definition) is 5. The Kier molecular flexibility index (Phi) is 4.68. The number of carbonyl (C=O) groups is 3. The fourth-order valence-corrected chi connectivity index (χ4v) is 4.69. The van der Waals surface area contributed by atoms with Crippen LogP contribution in [0.2, 0.25) is 0 Å². The molecule has 0 radical (unpaired) electrons. The Hall–Kier alpha value is -3.35. The van der Waals surface area contributed by atoms with Crippen molar-refractivity contribution in [1.82, 2.24) is 9.80 Å². The summed E-state index contributed by atoms with van der Waals surface area (Å²) in [4.78, 5) is 41.9. The van der Waals surface area contributed by atoms with E-state index in [0.717, 1.165) is 28.2 Å². The molecule has 2 atom stereocenters. The van der Waals surface area contributed by atoms with E-state index in [0.29, 0.717) is 43.1 Å². The van der Waals surface area contributed by atoms with Crippen LogP contribution in [0.1, 0.15) is 58.2 Å². The molecule has 0 aliphatic carbocycles. The largest absolute Gasteiger partial charge is 0.490 e. The Labute approximate surface area is 180 Å². The third kappa shape index (κ3) is 3.07. The van der Waals surface area contributed by atoms with Gasteiger partial charge in [0, 0.05) is 13.0 Å². The van der Waals surface area contributed by atoms with E-state index < -0.39 is 17.9 Å². The van der Waals surface area contributed by atoms with Gasteiger partial charge >= 0.3 is 0 Å². The Balaban J connectivity index is 1.40. The second-order valence-electron chi connectivity index (χ2n) is 8.21. The fourth-order valence-electron chi connectivity index (χ4n) is 4.69. The first-order valence-electron chi connectivity index (χ1n) is 10.7. The minimum Gasteiger partial charge on any atom is -0.490 e. The van der Waals surface area contributed by atoms with Crippen molar-refractivity contribution in [1.29, 1.82) is 0 Å². The smallest absolute Gasteiger partial charge is 0.262 e. The first-order chi connectivity index (χ1) is 15.0. The van der Waals surface area contributed by atoms with Crippen LogP contribution in [-0.2, 0) is 11.2 Å². The number of ether oxygens (including phenoxy) is 2. The van der Waals surface area contributed by atoms with Crippen molar-refractivity contribution in [3.63, 3.8) is 0 Å². The van der Waals surface area contributed by atoms with Gasteiger partial charge in [0.2, 0.25) is 5.91 Å². The first-order valence-corrected chi connectivity index (χ1v) is 10.7. The van der Waals surface area contributed by atoms with Gasteiger partial charge in [-0.05, 0) is 55.7 Å². The van der Waals surface area contributed by atoms with E-state index in [-0.39, 0.29) is 11.9 Å². The molecular weight excluding hydrogens is 396 g/mol. The van der Waals surface area contributed by atoms with Crippen molar-refractivity contribution < 1.29 is 23.9 Å². The number of benzene rings is 2. The van der Waals surface area contributed by atoms with Crippen molar-refractivity contribution in [3.05, 3.63) is 58.7 Å². The van der Waals surface area contributed by atoms with Gasteiger partial charge in [-0.3, -0.25) is 19.3 Å². The van der Waals surface area contributed by atoms with Crippen LogP contribution in [-0.4, -0.2) is 53.3 Å². The molecule has 5 rings (SSSR count). The highest BCUT2D eigenvalue weighted by Crippen LogP contribution is 2.39. The number of amides is 3. The Morgan fingerprint density at radius 2 is 1.65 bits per heavy atom. The summed E-state index contributed by atoms with van der Waals surface area (Å²) in [5, 5.41) is 0. The molecule has 2 aromatic rings. The summed E-state index contributed by atoms with van der Waals surface area (Å²) >= 11 is 0. The fraction of sp³-hybridized carbons (Fsp3) is 0.375. The average molecular weight is 420 g/mol. The summed E-state index contributed by atoms with van der Waals surface area (Å²) in [5.41, 5.74) is 2.85. The predicted octanol–water partition coefficient (Wildman–Crippen LogP) is 2.98. The number of rotatable bonds is 2. The summed E-state index contributed by atoms with van der Waals surface area (Å²) in [7, 11) is 0. The third-order valence-corrected chi connectivity index (χ3v) is 6.40. The van der Waals surface area contributed by atoms with E-state index in [1.54, 1.807) is 36.1 Å². The minimum absolute atomic E-state index is 0.203. The Morgan fingerprint density at radius 3 is 2.29 bits per heavy atom. The van der Waals surface area contributed by atoms with E-state index in [9.17, 15) is 14.4 Å². The van der Waals surface area contributed by atoms with Gasteiger partial charge in [0.05, 0.1) is 30.4 Å². The van der Waals surface area contributed by atoms with Gasteiger partial charge < -0.3 is 14.4 Å². The van der Waals surface area contributed by atoms with Crippen molar-refractivity contribution in [2.75, 3.05) is 19.8 Å². The van der Waals surface area contributed by atoms with Crippen molar-refractivity contribution >= 4 is 17.7 Å². The van der Waals surface area contributed by atoms with Gasteiger partial charge in [-0.1, -0.05) is 12.1 Å². The van der Waals surface area contributed by atoms with Crippen LogP contribution in [0.25, 0.3) is 0 Å². The molecule has 0 saturated heterocycles. The lowest BCUT2D eigenvalue weighted by molar-refractivity contribution is -0.137. The van der Waals surface area contributed by atoms with E-state index in [2.05, 4.69) is 0 Å². The molecule has 160 valence electrons. The van der Waals surface area contributed by atoms with E-state index in [1.807, 2.05) is 19.1 Å². The SMILES string of the molecule is CC1c2cc3c(cc2CCN1C(=O)C(C)N1C(=O)c2ccccc2C1=O)OCCCO3. The van der Waals surface area contributed by atoms with E-state index in [4.69, 9.17) is 9.47 Å². The molecule has 0 spiro atoms. The zero-order valence-corrected chi connectivity index (χ0v) is 17.6. The molecule has 3 amide bonds. The second-order valence-corrected chi connectivity index (χ2v) is 8.21. The molecule has 0 fully saturated rings. The lowest BCUT2D eigenvalue weighted by Gasteiger charge is -2.38. The highest BCUT2D eigenvalue weighted by molar-refractivity contribution is 6.22. The van der Waals surface area contributed by atoms with Crippen molar-refractivity contribution in [2.45, 2.75) is 38.8 Å². The molecule has 7 heteroatoms. The van der Waals surface area contributed by atoms with Gasteiger partial charge in [0.1, 0.15) is 6.04 Å². The van der Waals surface area contributed by atoms with Gasteiger partial charge in [0.25, 0.3) is 11.8 Å². The predicted molar refractivity (Wildman–Crippen MR) is 112 cm³/mol. The van der Waals surface area contributed by atoms with Crippen LogP contribution in [0, 0.1) is 0 Å². The van der Waals surface area contributed by atoms with E-state index >= 15 is 0 Å². The maximum absolute atomic E-state index is 13.4. The number of carbonyl (C=O) groups excluding carboxylic acids is 3. The van der Waals surface area contributed by atoms with E-state index in [1.165, 1.54) is 0 Å². The van der Waals surface area contributed by atoms with Crippen LogP contribution >= 0.6 is 0 Å². The number of hydrogen-bond donors (Lipinski definition) is 0. The molecule has 2 aromatic carbocycles. The molecule has 3 heterocycles. The average Bonchev–Trinajstić information content (AvgIpc) is 2.92. The molecule has 0 N–H and O–H groups in total. The van der Waals surface area contributed by atoms with Gasteiger partial charge in [-0.25, -0.2) is 0 Å². The Bertz CT molecular complexity index is 1060.